The summed E-state index contributed by atoms with van der Waals surface area (Å²) in [6.45, 7) is 155. The van der Waals surface area contributed by atoms with E-state index in [1.807, 2.05) is 0 Å². The average Bonchev–Trinajstić information content (AvgIpc) is 1.57. The number of rotatable bonds is 9. The van der Waals surface area contributed by atoms with Crippen LogP contribution in [0.15, 0.2) is 0 Å². The third-order valence-corrected chi connectivity index (χ3v) is 47.0. The van der Waals surface area contributed by atoms with E-state index >= 15 is 0 Å². The molecular formula is C131H261F2NO3S2. The van der Waals surface area contributed by atoms with Gasteiger partial charge in [0.1, 0.15) is 0 Å². The Morgan fingerprint density at radius 3 is 0.583 bits per heavy atom. The monoisotopic (exact) mass is 2000 g/mol. The normalized spacial score (nSPS) is 29.2. The van der Waals surface area contributed by atoms with Crippen LogP contribution in [-0.4, -0.2) is 76.6 Å². The van der Waals surface area contributed by atoms with Crippen molar-refractivity contribution in [2.45, 2.75) is 600 Å². The smallest absolute Gasteiger partial charge is 0.249 e. The summed E-state index contributed by atoms with van der Waals surface area (Å²) in [5.74, 6) is 10.6. The lowest BCUT2D eigenvalue weighted by Gasteiger charge is -2.62. The molecule has 0 radical (unpaired) electrons. The van der Waals surface area contributed by atoms with E-state index in [2.05, 4.69) is 479 Å². The molecule has 12 fully saturated rings. The Hall–Kier alpha value is 0.400. The first-order valence-electron chi connectivity index (χ1n) is 58.4. The van der Waals surface area contributed by atoms with Crippen molar-refractivity contribution in [2.75, 3.05) is 43.6 Å². The molecule has 7 aliphatic carbocycles. The lowest BCUT2D eigenvalue weighted by Crippen LogP contribution is -2.67. The van der Waals surface area contributed by atoms with Crippen LogP contribution in [0.25, 0.3) is 0 Å². The third-order valence-electron chi connectivity index (χ3n) is 43.4. The zero-order chi connectivity index (χ0) is 111. The SMILES string of the molecule is CC(C)(C)C1(C(C)(C)C)CC(F)(F)C1.CC(C)(C)C1(C(C)(C)C)CC1.CC(C)(C)C1(C(C)(C)C)CCC1.CC(C)C1(C(C)(C)C)CC(O)C1.CC(C)C1(C(C)(C)C)CCC1.CC(C)C1(C(C)(C)C)CCN1.CC(C)C1(C(C)(C)C)CCO1.CC(C)C1(C(C)(C)C)CCS1.CC(C)C1(C(C)(C)C)COC1.CC(C)C1(C(C)(C)C)CSC1.CC1CC(C(C)C)(C(C)(C)C)C1.CC1CC(C(C)C)(C(C)(C)C)C1. The molecule has 5 saturated heterocycles. The van der Waals surface area contributed by atoms with Gasteiger partial charge in [-0.2, -0.15) is 23.5 Å². The molecule has 12 rings (SSSR count). The predicted octanol–water partition coefficient (Wildman–Crippen LogP) is 42.5. The van der Waals surface area contributed by atoms with E-state index in [0.29, 0.717) is 136 Å². The van der Waals surface area contributed by atoms with Gasteiger partial charge >= 0.3 is 0 Å². The van der Waals surface area contributed by atoms with Gasteiger partial charge in [-0.05, 0) is 292 Å². The quantitative estimate of drug-likeness (QED) is 0.240. The van der Waals surface area contributed by atoms with Crippen molar-refractivity contribution in [3.63, 3.8) is 0 Å². The number of alkyl halides is 2. The maximum absolute atomic E-state index is 13.1. The first-order valence-corrected chi connectivity index (χ1v) is 60.5. The Bertz CT molecular complexity index is 3050. The highest BCUT2D eigenvalue weighted by molar-refractivity contribution is 8.02. The number of aliphatic hydroxyl groups is 1. The van der Waals surface area contributed by atoms with Crippen molar-refractivity contribution >= 4 is 23.5 Å². The second-order valence-corrected chi connectivity index (χ2v) is 69.9. The van der Waals surface area contributed by atoms with Gasteiger partial charge in [0.15, 0.2) is 0 Å². The summed E-state index contributed by atoms with van der Waals surface area (Å²) >= 11 is 4.27. The molecule has 0 aromatic rings. The van der Waals surface area contributed by atoms with Gasteiger partial charge in [0.25, 0.3) is 0 Å². The molecule has 7 saturated carbocycles. The Morgan fingerprint density at radius 2 is 0.561 bits per heavy atom. The summed E-state index contributed by atoms with van der Waals surface area (Å²) in [4.78, 5) is 0. The number of ether oxygens (including phenoxy) is 2. The molecule has 4 nitrogen and oxygen atoms in total. The second-order valence-electron chi connectivity index (χ2n) is 67.4. The van der Waals surface area contributed by atoms with Crippen molar-refractivity contribution < 1.29 is 23.4 Å². The number of nitrogens with one attached hydrogen (secondary N) is 1. The van der Waals surface area contributed by atoms with E-state index in [1.54, 1.807) is 0 Å². The number of thioether (sulfide) groups is 2. The third kappa shape index (κ3) is 30.1. The van der Waals surface area contributed by atoms with Crippen molar-refractivity contribution in [1.29, 1.82) is 0 Å². The lowest BCUT2D eigenvalue weighted by atomic mass is 9.44. The summed E-state index contributed by atoms with van der Waals surface area (Å²) in [5, 5.41) is 13.0. The van der Waals surface area contributed by atoms with Gasteiger partial charge in [-0.25, -0.2) is 8.78 Å². The summed E-state index contributed by atoms with van der Waals surface area (Å²) in [6, 6.07) is 0. The summed E-state index contributed by atoms with van der Waals surface area (Å²) in [6.07, 6.45) is 23.3. The molecule has 12 aliphatic rings. The van der Waals surface area contributed by atoms with E-state index in [9.17, 15) is 13.9 Å². The Kier molecular flexibility index (Phi) is 46.6. The first kappa shape index (κ1) is 137. The highest BCUT2D eigenvalue weighted by Gasteiger charge is 2.67. The van der Waals surface area contributed by atoms with Crippen LogP contribution in [0.5, 0.6) is 0 Å². The van der Waals surface area contributed by atoms with Crippen LogP contribution in [-0.2, 0) is 9.47 Å². The van der Waals surface area contributed by atoms with Crippen LogP contribution >= 0.6 is 23.5 Å². The van der Waals surface area contributed by atoms with Gasteiger partial charge in [0.2, 0.25) is 5.92 Å². The number of halogens is 2. The van der Waals surface area contributed by atoms with Crippen LogP contribution in [0, 0.1) is 195 Å². The van der Waals surface area contributed by atoms with Crippen molar-refractivity contribution in [1.82, 2.24) is 5.32 Å². The molecule has 5 aliphatic heterocycles. The van der Waals surface area contributed by atoms with Gasteiger partial charge in [0.05, 0.1) is 31.5 Å². The zero-order valence-electron chi connectivity index (χ0n) is 108. The van der Waals surface area contributed by atoms with Crippen molar-refractivity contribution in [2.24, 2.45) is 195 Å². The van der Waals surface area contributed by atoms with Crippen LogP contribution < -0.4 is 5.32 Å². The fourth-order valence-corrected chi connectivity index (χ4v) is 35.0. The van der Waals surface area contributed by atoms with E-state index < -0.39 is 5.92 Å². The molecule has 0 bridgehead atoms. The maximum Gasteiger partial charge on any atom is 0.249 e. The van der Waals surface area contributed by atoms with Gasteiger partial charge in [-0.3, -0.25) is 0 Å². The van der Waals surface area contributed by atoms with Crippen LogP contribution in [0.3, 0.4) is 0 Å². The van der Waals surface area contributed by atoms with E-state index in [1.165, 1.54) is 120 Å². The minimum absolute atomic E-state index is 0.0355. The predicted molar refractivity (Wildman–Crippen MR) is 627 cm³/mol. The number of hydrogen-bond acceptors (Lipinski definition) is 6. The van der Waals surface area contributed by atoms with Crippen LogP contribution in [0.4, 0.5) is 8.78 Å². The first-order chi connectivity index (χ1) is 61.1. The standard InChI is InChI=1S/C12H22F2.3C12H24.C11H22O.2C11H22.C10H21N.2C10H20O.2C10H20S/c1-9(2,3)11(10(4,5)6)7-12(13,14)8-11;2*1-9(2)12(11(4,5)6)7-10(3)8-12;1-10(2,3)12(8-7-9-12)11(4,5)6;1-8(2)11(10(3,4)5)6-9(12)7-11;1-9(2,3)11(7-8-11)10(4,5)6;1-9(2)11(7-6-8-11)10(3,4)5;1-8(2)10(6-7-11-10)9(3,4)5;1-8(2)10(6-11-7-10)9(3,4)5;1-8(2)10(6-7-11-10)9(3,4)5;1-8(2)10(6-11-7-10)9(3,4)5;1-8(2)10(6-7-11-10)9(3,4)5/h7-8H2,1-6H3;2*9-10H,7-8H2,1-6H3;7-9H2,1-6H3;8-9,12H,6-7H2,1-5H3;7-8H2,1-6H3;9H,6-8H2,1-5H3;8,11H,6-7H2,1-5H3;4*8H,6-7H2,1-5H3. The average molecular weight is 2000 g/mol. The molecule has 0 aromatic heterocycles. The zero-order valence-corrected chi connectivity index (χ0v) is 109. The minimum atomic E-state index is -2.43. The van der Waals surface area contributed by atoms with Crippen LogP contribution in [0.2, 0.25) is 0 Å². The molecule has 0 amide bonds. The Balaban J connectivity index is 0.000000759. The van der Waals surface area contributed by atoms with E-state index in [0.717, 1.165) is 85.9 Å². The van der Waals surface area contributed by atoms with Crippen LogP contribution in [0.1, 0.15) is 572 Å². The largest absolute Gasteiger partial charge is 0.393 e. The molecule has 834 valence electrons. The summed E-state index contributed by atoms with van der Waals surface area (Å²) in [7, 11) is 0. The van der Waals surface area contributed by atoms with Gasteiger partial charge in [0, 0.05) is 46.5 Å². The Labute approximate surface area is 884 Å². The Morgan fingerprint density at radius 1 is 0.288 bits per heavy atom. The van der Waals surface area contributed by atoms with E-state index in [-0.39, 0.29) is 40.8 Å². The fourth-order valence-electron chi connectivity index (χ4n) is 31.4. The van der Waals surface area contributed by atoms with Crippen molar-refractivity contribution in [3.8, 4) is 0 Å². The number of hydrogen-bond donors (Lipinski definition) is 2. The minimum Gasteiger partial charge on any atom is -0.393 e. The highest BCUT2D eigenvalue weighted by Crippen LogP contribution is 2.71. The van der Waals surface area contributed by atoms with Gasteiger partial charge in [-0.1, -0.05) is 463 Å². The summed E-state index contributed by atoms with van der Waals surface area (Å²) < 4.78 is 37.8. The molecule has 139 heavy (non-hydrogen) atoms. The van der Waals surface area contributed by atoms with Gasteiger partial charge < -0.3 is 19.9 Å². The second kappa shape index (κ2) is 47.2. The van der Waals surface area contributed by atoms with E-state index in [4.69, 9.17) is 9.47 Å². The lowest BCUT2D eigenvalue weighted by molar-refractivity contribution is -0.243. The molecular weight excluding hydrogens is 1740 g/mol. The molecule has 3 unspecified atom stereocenters. The molecule has 0 spiro atoms. The van der Waals surface area contributed by atoms with Crippen molar-refractivity contribution in [3.05, 3.63) is 0 Å². The molecule has 5 heterocycles. The topological polar surface area (TPSA) is 50.7 Å². The maximum atomic E-state index is 13.1. The van der Waals surface area contributed by atoms with Gasteiger partial charge in [-0.15, -0.1) is 0 Å². The summed E-state index contributed by atoms with van der Waals surface area (Å²) in [5.41, 5.74) is 10.7. The number of aliphatic hydroxyl groups excluding tert-OH is 1. The fraction of sp³-hybridized carbons (Fsp3) is 1.00. The molecule has 3 atom stereocenters. The highest BCUT2D eigenvalue weighted by atomic mass is 32.2. The molecule has 8 heteroatoms. The molecule has 0 aromatic carbocycles. The molecule has 2 N–H and O–H groups in total.